The molecule has 7 heteroatoms. The van der Waals surface area contributed by atoms with Gasteiger partial charge in [-0.2, -0.15) is 0 Å². The molecule has 1 aromatic heterocycles. The molecule has 4 atom stereocenters. The van der Waals surface area contributed by atoms with E-state index < -0.39 is 10.0 Å². The van der Waals surface area contributed by atoms with Gasteiger partial charge in [-0.1, -0.05) is 6.42 Å². The molecule has 4 rings (SSSR count). The van der Waals surface area contributed by atoms with Gasteiger partial charge in [0.15, 0.2) is 0 Å². The zero-order chi connectivity index (χ0) is 16.2. The third-order valence-electron chi connectivity index (χ3n) is 5.57. The normalized spacial score (nSPS) is 28.5. The second kappa shape index (κ2) is 5.21. The van der Waals surface area contributed by atoms with Crippen LogP contribution in [0.25, 0.3) is 11.0 Å². The molecule has 0 radical (unpaired) electrons. The summed E-state index contributed by atoms with van der Waals surface area (Å²) < 4.78 is 28.1. The van der Waals surface area contributed by atoms with Gasteiger partial charge in [0, 0.05) is 6.04 Å². The van der Waals surface area contributed by atoms with Crippen LogP contribution in [0.3, 0.4) is 0 Å². The van der Waals surface area contributed by atoms with Gasteiger partial charge in [0.05, 0.1) is 15.9 Å². The lowest BCUT2D eigenvalue weighted by atomic mass is 9.84. The summed E-state index contributed by atoms with van der Waals surface area (Å²) in [5.41, 5.74) is 0.776. The Labute approximate surface area is 134 Å². The molecule has 124 valence electrons. The smallest absolute Gasteiger partial charge is 0.306 e. The zero-order valence-corrected chi connectivity index (χ0v) is 13.8. The minimum absolute atomic E-state index is 0.0590. The first-order valence-corrected chi connectivity index (χ1v) is 9.65. The minimum atomic E-state index is -3.58. The number of aromatic nitrogens is 2. The first-order valence-electron chi connectivity index (χ1n) is 8.17. The van der Waals surface area contributed by atoms with Gasteiger partial charge in [-0.05, 0) is 62.1 Å². The van der Waals surface area contributed by atoms with E-state index in [0.717, 1.165) is 12.3 Å². The van der Waals surface area contributed by atoms with Crippen LogP contribution >= 0.6 is 0 Å². The quantitative estimate of drug-likeness (QED) is 0.797. The predicted molar refractivity (Wildman–Crippen MR) is 87.6 cm³/mol. The van der Waals surface area contributed by atoms with E-state index >= 15 is 0 Å². The summed E-state index contributed by atoms with van der Waals surface area (Å²) >= 11 is 0. The van der Waals surface area contributed by atoms with Crippen molar-refractivity contribution in [2.24, 2.45) is 17.8 Å². The maximum absolute atomic E-state index is 12.6. The molecule has 0 spiro atoms. The zero-order valence-electron chi connectivity index (χ0n) is 13.0. The van der Waals surface area contributed by atoms with Crippen LogP contribution in [0.1, 0.15) is 32.6 Å². The number of imidazole rings is 1. The Morgan fingerprint density at radius 1 is 1.17 bits per heavy atom. The molecule has 2 aliphatic rings. The number of rotatable bonds is 4. The summed E-state index contributed by atoms with van der Waals surface area (Å²) in [6.45, 7) is 1.97. The number of hydrogen-bond donors (Lipinski definition) is 3. The van der Waals surface area contributed by atoms with Crippen LogP contribution in [0.4, 0.5) is 0 Å². The lowest BCUT2D eigenvalue weighted by Gasteiger charge is -2.28. The fourth-order valence-electron chi connectivity index (χ4n) is 4.49. The average molecular weight is 335 g/mol. The highest BCUT2D eigenvalue weighted by molar-refractivity contribution is 7.89. The topological polar surface area (TPSA) is 94.8 Å². The summed E-state index contributed by atoms with van der Waals surface area (Å²) in [6, 6.07) is 4.59. The number of H-pyrrole nitrogens is 2. The predicted octanol–water partition coefficient (Wildman–Crippen LogP) is 1.96. The highest BCUT2D eigenvalue weighted by Crippen LogP contribution is 2.49. The molecule has 1 heterocycles. The van der Waals surface area contributed by atoms with Gasteiger partial charge in [-0.15, -0.1) is 0 Å². The molecule has 0 saturated heterocycles. The van der Waals surface area contributed by atoms with E-state index in [0.29, 0.717) is 22.9 Å². The molecule has 23 heavy (non-hydrogen) atoms. The number of nitrogens with one attached hydrogen (secondary N) is 3. The molecule has 1 aromatic carbocycles. The van der Waals surface area contributed by atoms with Crippen LogP contribution in [0, 0.1) is 17.8 Å². The molecular formula is C16H21N3O3S. The van der Waals surface area contributed by atoms with Crippen molar-refractivity contribution in [3.63, 3.8) is 0 Å². The summed E-state index contributed by atoms with van der Waals surface area (Å²) in [6.07, 6.45) is 4.93. The van der Waals surface area contributed by atoms with Crippen LogP contribution in [-0.4, -0.2) is 24.4 Å². The van der Waals surface area contributed by atoms with Crippen LogP contribution in [0.2, 0.25) is 0 Å². The molecule has 2 aromatic rings. The van der Waals surface area contributed by atoms with Gasteiger partial charge in [-0.3, -0.25) is 0 Å². The first kappa shape index (κ1) is 15.0. The van der Waals surface area contributed by atoms with Crippen LogP contribution < -0.4 is 10.4 Å². The number of aromatic amines is 2. The van der Waals surface area contributed by atoms with Gasteiger partial charge >= 0.3 is 5.69 Å². The largest absolute Gasteiger partial charge is 0.323 e. The number of benzene rings is 1. The number of sulfonamides is 1. The molecule has 0 aliphatic heterocycles. The second-order valence-corrected chi connectivity index (χ2v) is 8.75. The highest BCUT2D eigenvalue weighted by atomic mass is 32.2. The Bertz CT molecular complexity index is 899. The van der Waals surface area contributed by atoms with Crippen molar-refractivity contribution in [3.8, 4) is 0 Å². The number of fused-ring (bicyclic) bond motifs is 3. The van der Waals surface area contributed by atoms with Crippen molar-refractivity contribution in [3.05, 3.63) is 28.7 Å². The van der Waals surface area contributed by atoms with E-state index in [9.17, 15) is 13.2 Å². The standard InChI is InChI=1S/C16H21N3O3S/c1-9(13-7-10-2-3-11(13)6-10)19-23(21,22)12-4-5-14-15(8-12)18-16(20)17-14/h4-5,8-11,13,19H,2-3,6-7H2,1H3,(H2,17,18,20)/t9-,10-,11-,13-/m0/s1. The molecule has 6 nitrogen and oxygen atoms in total. The molecule has 2 fully saturated rings. The molecule has 2 saturated carbocycles. The molecular weight excluding hydrogens is 314 g/mol. The lowest BCUT2D eigenvalue weighted by molar-refractivity contribution is 0.280. The van der Waals surface area contributed by atoms with Gasteiger partial charge < -0.3 is 9.97 Å². The summed E-state index contributed by atoms with van der Waals surface area (Å²) in [4.78, 5) is 16.7. The Balaban J connectivity index is 1.57. The number of hydrogen-bond acceptors (Lipinski definition) is 3. The van der Waals surface area contributed by atoms with Crippen molar-refractivity contribution >= 4 is 21.1 Å². The third-order valence-corrected chi connectivity index (χ3v) is 7.13. The second-order valence-electron chi connectivity index (χ2n) is 7.04. The van der Waals surface area contributed by atoms with E-state index in [1.807, 2.05) is 6.92 Å². The van der Waals surface area contributed by atoms with E-state index in [2.05, 4.69) is 14.7 Å². The van der Waals surface area contributed by atoms with Crippen molar-refractivity contribution < 1.29 is 8.42 Å². The summed E-state index contributed by atoms with van der Waals surface area (Å²) in [5, 5.41) is 0. The molecule has 2 aliphatic carbocycles. The summed E-state index contributed by atoms with van der Waals surface area (Å²) in [7, 11) is -3.58. The Hall–Kier alpha value is -1.60. The summed E-state index contributed by atoms with van der Waals surface area (Å²) in [5.74, 6) is 1.90. The van der Waals surface area contributed by atoms with Gasteiger partial charge in [-0.25, -0.2) is 17.9 Å². The van der Waals surface area contributed by atoms with Crippen LogP contribution in [0.15, 0.2) is 27.9 Å². The maximum Gasteiger partial charge on any atom is 0.323 e. The monoisotopic (exact) mass is 335 g/mol. The van der Waals surface area contributed by atoms with Crippen molar-refractivity contribution in [2.75, 3.05) is 0 Å². The van der Waals surface area contributed by atoms with Crippen LogP contribution in [-0.2, 0) is 10.0 Å². The van der Waals surface area contributed by atoms with Crippen LogP contribution in [0.5, 0.6) is 0 Å². The van der Waals surface area contributed by atoms with Crippen molar-refractivity contribution in [2.45, 2.75) is 43.5 Å². The Morgan fingerprint density at radius 2 is 1.96 bits per heavy atom. The van der Waals surface area contributed by atoms with E-state index in [1.54, 1.807) is 6.07 Å². The fraction of sp³-hybridized carbons (Fsp3) is 0.562. The van der Waals surface area contributed by atoms with Crippen molar-refractivity contribution in [1.29, 1.82) is 0 Å². The Kier molecular flexibility index (Phi) is 3.39. The highest BCUT2D eigenvalue weighted by Gasteiger charge is 2.42. The Morgan fingerprint density at radius 3 is 2.65 bits per heavy atom. The van der Waals surface area contributed by atoms with Crippen molar-refractivity contribution in [1.82, 2.24) is 14.7 Å². The van der Waals surface area contributed by atoms with Gasteiger partial charge in [0.2, 0.25) is 10.0 Å². The first-order chi connectivity index (χ1) is 10.9. The fourth-order valence-corrected chi connectivity index (χ4v) is 5.81. The average Bonchev–Trinajstić information content (AvgIpc) is 3.19. The molecule has 2 bridgehead atoms. The minimum Gasteiger partial charge on any atom is -0.306 e. The molecule has 0 unspecified atom stereocenters. The van der Waals surface area contributed by atoms with E-state index in [-0.39, 0.29) is 16.6 Å². The third kappa shape index (κ3) is 2.61. The van der Waals surface area contributed by atoms with Gasteiger partial charge in [0.25, 0.3) is 0 Å². The van der Waals surface area contributed by atoms with Gasteiger partial charge in [0.1, 0.15) is 0 Å². The SMILES string of the molecule is C[C@H](NS(=O)(=O)c1ccc2[nH]c(=O)[nH]c2c1)[C@@H]1C[C@H]2CC[C@H]1C2. The molecule has 3 N–H and O–H groups in total. The maximum atomic E-state index is 12.6. The lowest BCUT2D eigenvalue weighted by Crippen LogP contribution is -2.40. The molecule has 0 amide bonds. The van der Waals surface area contributed by atoms with E-state index in [1.165, 1.54) is 31.4 Å². The van der Waals surface area contributed by atoms with E-state index in [4.69, 9.17) is 0 Å².